The van der Waals surface area contributed by atoms with Gasteiger partial charge in [0.05, 0.1) is 29.6 Å². The number of thiophene rings is 4. The summed E-state index contributed by atoms with van der Waals surface area (Å²) in [6.07, 6.45) is 3.22. The molecule has 2 aliphatic rings. The molecule has 136 heavy (non-hydrogen) atoms. The molecule has 2 saturated heterocycles. The van der Waals surface area contributed by atoms with Crippen LogP contribution in [0.2, 0.25) is 0 Å². The summed E-state index contributed by atoms with van der Waals surface area (Å²) >= 11 is 4.43. The molecule has 4 atom stereocenters. The second-order valence-corrected chi connectivity index (χ2v) is 37.8. The fourth-order valence-corrected chi connectivity index (χ4v) is 18.7. The predicted molar refractivity (Wildman–Crippen MR) is 494 cm³/mol. The maximum atomic E-state index is 14.2. The molecule has 4 aromatic heterocycles. The number of benzene rings is 4. The van der Waals surface area contributed by atoms with Gasteiger partial charge in [-0.15, -0.1) is 45.3 Å². The molecule has 36 nitrogen and oxygen atoms in total. The molecule has 44 heteroatoms. The minimum atomic E-state index is -1.45. The number of carbonyl (C=O) groups is 14. The Morgan fingerprint density at radius 2 is 0.765 bits per heavy atom. The van der Waals surface area contributed by atoms with Crippen molar-refractivity contribution in [2.24, 2.45) is 56.2 Å². The lowest BCUT2D eigenvalue weighted by Crippen LogP contribution is -2.50. The first-order valence-electron chi connectivity index (χ1n) is 42.2. The number of nitrogen functional groups attached to an aromatic ring is 4. The number of amides is 5. The first kappa shape index (κ1) is 109. The van der Waals surface area contributed by atoms with E-state index < -0.39 is 147 Å². The predicted octanol–water partition coefficient (Wildman–Crippen LogP) is 11.7. The van der Waals surface area contributed by atoms with Crippen LogP contribution < -0.4 is 58.2 Å². The number of nitrogens with one attached hydrogen (secondary N) is 6. The normalized spacial score (nSPS) is 13.9. The molecule has 0 radical (unpaired) electrons. The molecule has 8 aromatic rings. The van der Waals surface area contributed by atoms with E-state index in [9.17, 15) is 94.9 Å². The number of rotatable bonds is 40. The van der Waals surface area contributed by atoms with Gasteiger partial charge in [0.25, 0.3) is 0 Å². The van der Waals surface area contributed by atoms with Crippen molar-refractivity contribution in [1.82, 2.24) is 20.4 Å². The Bertz CT molecular complexity index is 5880. The number of esters is 4. The molecule has 728 valence electrons. The SMILES string of the molecule is CC(C)(Cc1ccc(C(=O)Oc2ccc(C(=N)N)cc2F)s1)C(=O)N1CCC[C@H]1CC(=O)O.CC(C)(Cc1ccc(C(=O)Oc2ccc(C(=N)N)cc2F)s1)C(=O)N1CC[C@@H](C(=O)O)C1.CCC(CC)(Cc1ccc(C(=O)Oc2ccc(C(=N)N)cc2F)s1)C(=O)N[C@@H](CC(N)=O)C(=O)O.CCC(CC)(Cc1ccc(C(=O)Oc2ccc(C(=N)N)cc2F)s1)C(=O)N[C@@H](CCC(=O)O)C(=O)O. The summed E-state index contributed by atoms with van der Waals surface area (Å²) < 4.78 is 77.2. The molecule has 21 N–H and O–H groups in total. The number of aliphatic carboxylic acids is 5. The van der Waals surface area contributed by atoms with Crippen molar-refractivity contribution >= 4 is 152 Å². The summed E-state index contributed by atoms with van der Waals surface area (Å²) in [6.45, 7) is 15.5. The molecule has 0 saturated carbocycles. The number of halogens is 4. The zero-order valence-electron chi connectivity index (χ0n) is 75.1. The van der Waals surface area contributed by atoms with Crippen LogP contribution in [0.3, 0.4) is 0 Å². The number of carboxylic acids is 5. The van der Waals surface area contributed by atoms with Gasteiger partial charge < -0.3 is 93.6 Å². The average molecular weight is 1970 g/mol. The van der Waals surface area contributed by atoms with Crippen LogP contribution in [0.4, 0.5) is 17.6 Å². The number of hydrogen-bond acceptors (Lipinski definition) is 26. The van der Waals surface area contributed by atoms with E-state index in [1.54, 1.807) is 102 Å². The number of carbonyl (C=O) groups excluding carboxylic acids is 9. The highest BCUT2D eigenvalue weighted by molar-refractivity contribution is 7.15. The van der Waals surface area contributed by atoms with Crippen molar-refractivity contribution in [1.29, 1.82) is 21.6 Å². The third kappa shape index (κ3) is 29.9. The average Bonchev–Trinajstić information content (AvgIpc) is 1.58. The summed E-state index contributed by atoms with van der Waals surface area (Å²) in [4.78, 5) is 176. The molecular weight excluding hydrogens is 1860 g/mol. The summed E-state index contributed by atoms with van der Waals surface area (Å²) in [5.74, 6) is -17.2. The van der Waals surface area contributed by atoms with E-state index in [1.165, 1.54) is 60.7 Å². The van der Waals surface area contributed by atoms with Gasteiger partial charge in [0, 0.05) is 84.7 Å². The molecule has 6 heterocycles. The summed E-state index contributed by atoms with van der Waals surface area (Å²) in [5.41, 5.74) is 23.5. The second kappa shape index (κ2) is 48.2. The Labute approximate surface area is 793 Å². The number of nitrogens with zero attached hydrogens (tertiary/aromatic N) is 2. The number of ether oxygens (including phenoxy) is 4. The first-order chi connectivity index (χ1) is 63.8. The van der Waals surface area contributed by atoms with Crippen molar-refractivity contribution in [2.45, 2.75) is 170 Å². The quantitative estimate of drug-likeness (QED) is 0.00557. The lowest BCUT2D eigenvalue weighted by atomic mass is 9.77. The molecular formula is C92H105F4N13O23S4. The maximum Gasteiger partial charge on any atom is 0.353 e. The number of primary amides is 1. The summed E-state index contributed by atoms with van der Waals surface area (Å²) in [7, 11) is 0. The van der Waals surface area contributed by atoms with Crippen molar-refractivity contribution < 1.29 is 129 Å². The highest BCUT2D eigenvalue weighted by Gasteiger charge is 2.44. The van der Waals surface area contributed by atoms with Gasteiger partial charge in [-0.1, -0.05) is 55.4 Å². The van der Waals surface area contributed by atoms with Crippen LogP contribution in [0.25, 0.3) is 0 Å². The van der Waals surface area contributed by atoms with E-state index in [0.29, 0.717) is 74.2 Å². The number of likely N-dealkylation sites (tertiary alicyclic amines) is 2. The van der Waals surface area contributed by atoms with Crippen LogP contribution in [0.1, 0.15) is 206 Å². The van der Waals surface area contributed by atoms with E-state index >= 15 is 0 Å². The molecule has 10 rings (SSSR count). The van der Waals surface area contributed by atoms with Gasteiger partial charge in [-0.25, -0.2) is 46.3 Å². The highest BCUT2D eigenvalue weighted by atomic mass is 32.1. The van der Waals surface area contributed by atoms with Gasteiger partial charge in [-0.05, 0) is 198 Å². The van der Waals surface area contributed by atoms with Crippen molar-refractivity contribution in [3.8, 4) is 23.0 Å². The van der Waals surface area contributed by atoms with Crippen molar-refractivity contribution in [3.63, 3.8) is 0 Å². The molecule has 0 bridgehead atoms. The van der Waals surface area contributed by atoms with E-state index in [4.69, 9.17) is 84.6 Å². The van der Waals surface area contributed by atoms with Gasteiger partial charge in [0.15, 0.2) is 46.3 Å². The van der Waals surface area contributed by atoms with E-state index in [1.807, 2.05) is 0 Å². The van der Waals surface area contributed by atoms with E-state index in [2.05, 4.69) is 10.6 Å². The smallest absolute Gasteiger partial charge is 0.353 e. The third-order valence-electron chi connectivity index (χ3n) is 22.5. The lowest BCUT2D eigenvalue weighted by molar-refractivity contribution is -0.145. The first-order valence-corrected chi connectivity index (χ1v) is 45.5. The van der Waals surface area contributed by atoms with Crippen LogP contribution in [-0.4, -0.2) is 180 Å². The summed E-state index contributed by atoms with van der Waals surface area (Å²) in [5, 5.41) is 80.0. The number of amidine groups is 4. The number of hydrogen-bond donors (Lipinski definition) is 16. The lowest BCUT2D eigenvalue weighted by Gasteiger charge is -2.32. The monoisotopic (exact) mass is 1960 g/mol. The Morgan fingerprint density at radius 3 is 1.04 bits per heavy atom. The molecule has 2 fully saturated rings. The molecule has 4 aromatic carbocycles. The van der Waals surface area contributed by atoms with Gasteiger partial charge in [-0.2, -0.15) is 0 Å². The van der Waals surface area contributed by atoms with E-state index in [-0.39, 0.29) is 138 Å². The van der Waals surface area contributed by atoms with Crippen LogP contribution in [-0.2, 0) is 73.6 Å². The molecule has 0 aliphatic carbocycles. The topological polar surface area (TPSA) is 633 Å². The second-order valence-electron chi connectivity index (χ2n) is 33.1. The van der Waals surface area contributed by atoms with Crippen molar-refractivity contribution in [3.05, 3.63) is 206 Å². The Balaban J connectivity index is 0.000000247. The van der Waals surface area contributed by atoms with Crippen LogP contribution >= 0.6 is 45.3 Å². The van der Waals surface area contributed by atoms with E-state index in [0.717, 1.165) is 85.8 Å². The van der Waals surface area contributed by atoms with Gasteiger partial charge in [-0.3, -0.25) is 60.0 Å². The fourth-order valence-electron chi connectivity index (χ4n) is 14.5. The van der Waals surface area contributed by atoms with Gasteiger partial charge in [0.1, 0.15) is 54.9 Å². The minimum Gasteiger partial charge on any atom is -0.481 e. The maximum absolute atomic E-state index is 14.2. The number of nitrogens with two attached hydrogens (primary N) is 5. The van der Waals surface area contributed by atoms with Crippen molar-refractivity contribution in [2.75, 3.05) is 19.6 Å². The Morgan fingerprint density at radius 1 is 0.441 bits per heavy atom. The molecule has 0 unspecified atom stereocenters. The molecule has 2 aliphatic heterocycles. The van der Waals surface area contributed by atoms with Crippen LogP contribution in [0.5, 0.6) is 23.0 Å². The minimum absolute atomic E-state index is 0.0687. The standard InChI is InChI=1S/C24H28FN3O7S.C23H27FN4O6S.C23H26FN3O5S.C22H24FN3O5S/c1-3-24(4-2,23(34)28-16(21(31)32)7-10-19(29)30)12-14-6-9-18(36-14)22(33)35-17-8-5-13(20(26)27)11-15(17)25;1-3-23(4-2,22(33)28-15(20(30)31)10-18(25)29)11-13-6-8-17(35-13)21(32)34-16-7-5-12(19(26)27)9-14(16)24;1-23(2,22(31)27-9-3-4-14(27)11-19(28)29)12-15-6-8-18(33-15)21(30)32-17-7-5-13(20(25)26)10-16(17)24;1-22(2,21(30)26-8-7-13(11-26)19(27)28)10-14-4-6-17(32-14)20(29)31-16-5-3-12(18(24)25)9-15(16)23/h5-6,8-9,11,16H,3-4,7,10,12H2,1-2H3,(H3,26,27)(H,28,34)(H,29,30)(H,31,32);5-9,15H,3-4,10-11H2,1-2H3,(H2,25,29)(H3,26,27)(H,28,33)(H,30,31);5-8,10,14H,3-4,9,11-12H2,1-2H3,(H3,25,26)(H,28,29);3-6,9,13H,7-8,10-11H2,1-2H3,(H3,24,25)(H,27,28)/t16-;15-;14-;13-/m0001/s1. The van der Waals surface area contributed by atoms with Crippen LogP contribution in [0.15, 0.2) is 121 Å². The third-order valence-corrected chi connectivity index (χ3v) is 26.7. The Hall–Kier alpha value is -14.1. The van der Waals surface area contributed by atoms with Gasteiger partial charge >= 0.3 is 53.7 Å². The Kier molecular flexibility index (Phi) is 38.6. The van der Waals surface area contributed by atoms with Gasteiger partial charge in [0.2, 0.25) is 29.5 Å². The molecule has 0 spiro atoms. The van der Waals surface area contributed by atoms with Crippen LogP contribution in [0, 0.1) is 72.5 Å². The summed E-state index contributed by atoms with van der Waals surface area (Å²) in [6, 6.07) is 24.1. The molecule has 5 amide bonds. The zero-order chi connectivity index (χ0) is 101. The fraction of sp³-hybridized carbons (Fsp3) is 0.370. The zero-order valence-corrected chi connectivity index (χ0v) is 78.4. The highest BCUT2D eigenvalue weighted by Crippen LogP contribution is 2.40. The largest absolute Gasteiger partial charge is 0.481 e. The number of carboxylic acid groups (broad SMARTS) is 5.